The van der Waals surface area contributed by atoms with Crippen molar-refractivity contribution in [3.05, 3.63) is 127 Å². The summed E-state index contributed by atoms with van der Waals surface area (Å²) in [5, 5.41) is 2.09. The maximum Gasteiger partial charge on any atom is 0.185 e. The molecule has 0 atom stereocenters. The molecule has 0 spiro atoms. The van der Waals surface area contributed by atoms with E-state index in [1.165, 1.54) is 26.4 Å². The van der Waals surface area contributed by atoms with Crippen molar-refractivity contribution < 1.29 is 19.1 Å². The second kappa shape index (κ2) is 17.1. The van der Waals surface area contributed by atoms with Gasteiger partial charge in [0.05, 0.1) is 45.7 Å². The molecule has 0 saturated heterocycles. The van der Waals surface area contributed by atoms with Crippen LogP contribution in [0.4, 0.5) is 11.4 Å². The molecular formula is C36H34Cl4N2O4. The first kappa shape index (κ1) is 36.5. The zero-order valence-corrected chi connectivity index (χ0v) is 29.3. The van der Waals surface area contributed by atoms with E-state index in [9.17, 15) is 9.59 Å². The average Bonchev–Trinajstić information content (AvgIpc) is 3.02. The number of methoxy groups -OCH3 is 2. The molecule has 4 aromatic carbocycles. The van der Waals surface area contributed by atoms with Gasteiger partial charge in [0.2, 0.25) is 0 Å². The van der Waals surface area contributed by atoms with Gasteiger partial charge in [0.1, 0.15) is 11.5 Å². The van der Waals surface area contributed by atoms with Gasteiger partial charge in [-0.1, -0.05) is 70.7 Å². The van der Waals surface area contributed by atoms with Gasteiger partial charge in [0.15, 0.2) is 11.6 Å². The second-order valence-corrected chi connectivity index (χ2v) is 11.9. The number of anilines is 2. The van der Waals surface area contributed by atoms with E-state index in [0.717, 1.165) is 22.5 Å². The van der Waals surface area contributed by atoms with Gasteiger partial charge in [0, 0.05) is 39.3 Å². The van der Waals surface area contributed by atoms with Crippen LogP contribution >= 0.6 is 46.4 Å². The first-order chi connectivity index (χ1) is 21.8. The molecule has 240 valence electrons. The van der Waals surface area contributed by atoms with Gasteiger partial charge in [-0.25, -0.2) is 0 Å². The van der Waals surface area contributed by atoms with Crippen molar-refractivity contribution >= 4 is 81.5 Å². The van der Waals surface area contributed by atoms with Crippen molar-refractivity contribution in [3.63, 3.8) is 0 Å². The molecule has 0 unspecified atom stereocenters. The highest BCUT2D eigenvalue weighted by molar-refractivity contribution is 6.34. The molecule has 0 N–H and O–H groups in total. The Balaban J connectivity index is 0.000000250. The van der Waals surface area contributed by atoms with Crippen molar-refractivity contribution in [1.29, 1.82) is 0 Å². The lowest BCUT2D eigenvalue weighted by Gasteiger charge is -2.14. The standard InChI is InChI=1S/2C18H17Cl2NO2/c2*1-21(2)16-7-4-12(10-14(16)19)5-8-17(22)13-6-9-18(23-3)15(20)11-13/h2*4-11H,1-3H3/b2*8-5+. The van der Waals surface area contributed by atoms with Crippen LogP contribution in [-0.2, 0) is 0 Å². The number of ketones is 2. The second-order valence-electron chi connectivity index (χ2n) is 10.3. The molecule has 4 rings (SSSR count). The van der Waals surface area contributed by atoms with E-state index in [1.807, 2.05) is 74.4 Å². The van der Waals surface area contributed by atoms with E-state index < -0.39 is 0 Å². The zero-order valence-electron chi connectivity index (χ0n) is 26.3. The number of nitrogens with zero attached hydrogens (tertiary/aromatic N) is 2. The van der Waals surface area contributed by atoms with Crippen LogP contribution in [0.1, 0.15) is 31.8 Å². The third kappa shape index (κ3) is 10.0. The summed E-state index contributed by atoms with van der Waals surface area (Å²) in [5.74, 6) is 0.807. The molecule has 0 aliphatic carbocycles. The molecular weight excluding hydrogens is 666 g/mol. The maximum atomic E-state index is 12.2. The molecule has 0 radical (unpaired) electrons. The van der Waals surface area contributed by atoms with Gasteiger partial charge < -0.3 is 19.3 Å². The summed E-state index contributed by atoms with van der Waals surface area (Å²) in [6, 6.07) is 21.2. The Morgan fingerprint density at radius 1 is 0.543 bits per heavy atom. The SMILES string of the molecule is COc1ccc(C(=O)/C=C/c2ccc(N(C)C)c(Cl)c2)cc1Cl.COc1ccc(C(=O)/C=C/c2ccc(N(C)C)c(Cl)c2)cc1Cl. The van der Waals surface area contributed by atoms with Gasteiger partial charge in [-0.05, 0) is 83.9 Å². The minimum Gasteiger partial charge on any atom is -0.495 e. The van der Waals surface area contributed by atoms with Gasteiger partial charge >= 0.3 is 0 Å². The van der Waals surface area contributed by atoms with Crippen LogP contribution in [0.5, 0.6) is 11.5 Å². The molecule has 0 aliphatic rings. The Morgan fingerprint density at radius 2 is 0.913 bits per heavy atom. The maximum absolute atomic E-state index is 12.2. The Kier molecular flexibility index (Phi) is 13.6. The Bertz CT molecular complexity index is 1640. The molecule has 0 amide bonds. The largest absolute Gasteiger partial charge is 0.495 e. The summed E-state index contributed by atoms with van der Waals surface area (Å²) in [4.78, 5) is 28.3. The Hall–Kier alpha value is -3.94. The highest BCUT2D eigenvalue weighted by Gasteiger charge is 2.09. The number of benzene rings is 4. The smallest absolute Gasteiger partial charge is 0.185 e. The molecule has 4 aromatic rings. The third-order valence-electron chi connectivity index (χ3n) is 6.63. The van der Waals surface area contributed by atoms with Crippen molar-refractivity contribution in [2.45, 2.75) is 0 Å². The van der Waals surface area contributed by atoms with Crippen molar-refractivity contribution in [2.24, 2.45) is 0 Å². The van der Waals surface area contributed by atoms with Gasteiger partial charge in [-0.15, -0.1) is 0 Å². The minimum atomic E-state index is -0.137. The number of allylic oxidation sites excluding steroid dienone is 2. The van der Waals surface area contributed by atoms with E-state index in [0.29, 0.717) is 42.7 Å². The highest BCUT2D eigenvalue weighted by Crippen LogP contribution is 2.29. The Morgan fingerprint density at radius 3 is 1.20 bits per heavy atom. The summed E-state index contributed by atoms with van der Waals surface area (Å²) >= 11 is 24.5. The highest BCUT2D eigenvalue weighted by atomic mass is 35.5. The molecule has 6 nitrogen and oxygen atoms in total. The van der Waals surface area contributed by atoms with Gasteiger partial charge in [0.25, 0.3) is 0 Å². The lowest BCUT2D eigenvalue weighted by atomic mass is 10.1. The van der Waals surface area contributed by atoms with Crippen LogP contribution in [0, 0.1) is 0 Å². The van der Waals surface area contributed by atoms with E-state index in [4.69, 9.17) is 55.9 Å². The molecule has 0 aliphatic heterocycles. The lowest BCUT2D eigenvalue weighted by Crippen LogP contribution is -2.08. The van der Waals surface area contributed by atoms with E-state index >= 15 is 0 Å². The van der Waals surface area contributed by atoms with Crippen LogP contribution in [0.2, 0.25) is 20.1 Å². The van der Waals surface area contributed by atoms with Crippen LogP contribution in [-0.4, -0.2) is 54.0 Å². The minimum absolute atomic E-state index is 0.137. The predicted octanol–water partition coefficient (Wildman–Crippen LogP) is 9.93. The summed E-state index contributed by atoms with van der Waals surface area (Å²) < 4.78 is 10.1. The average molecular weight is 700 g/mol. The number of hydrogen-bond donors (Lipinski definition) is 0. The van der Waals surface area contributed by atoms with Crippen LogP contribution in [0.25, 0.3) is 12.2 Å². The monoisotopic (exact) mass is 698 g/mol. The quantitative estimate of drug-likeness (QED) is 0.121. The van der Waals surface area contributed by atoms with Crippen molar-refractivity contribution in [3.8, 4) is 11.5 Å². The molecule has 0 fully saturated rings. The topological polar surface area (TPSA) is 59.1 Å². The summed E-state index contributed by atoms with van der Waals surface area (Å²) in [7, 11) is 10.8. The number of carbonyl (C=O) groups is 2. The first-order valence-corrected chi connectivity index (χ1v) is 15.4. The Labute approximate surface area is 290 Å². The molecule has 0 saturated carbocycles. The van der Waals surface area contributed by atoms with Crippen molar-refractivity contribution in [2.75, 3.05) is 52.2 Å². The van der Waals surface area contributed by atoms with Gasteiger partial charge in [-0.3, -0.25) is 9.59 Å². The molecule has 0 heterocycles. The molecule has 10 heteroatoms. The van der Waals surface area contributed by atoms with Crippen LogP contribution < -0.4 is 19.3 Å². The number of hydrogen-bond acceptors (Lipinski definition) is 6. The van der Waals surface area contributed by atoms with Crippen LogP contribution in [0.15, 0.2) is 84.9 Å². The lowest BCUT2D eigenvalue weighted by molar-refractivity contribution is 0.103. The van der Waals surface area contributed by atoms with E-state index in [2.05, 4.69) is 0 Å². The number of carbonyl (C=O) groups excluding carboxylic acids is 2. The predicted molar refractivity (Wildman–Crippen MR) is 194 cm³/mol. The van der Waals surface area contributed by atoms with Gasteiger partial charge in [-0.2, -0.15) is 0 Å². The number of ether oxygens (including phenoxy) is 2. The fraction of sp³-hybridized carbons (Fsp3) is 0.167. The number of halogens is 4. The van der Waals surface area contributed by atoms with E-state index in [1.54, 1.807) is 48.6 Å². The zero-order chi connectivity index (χ0) is 34.0. The summed E-state index contributed by atoms with van der Waals surface area (Å²) in [6.45, 7) is 0. The fourth-order valence-corrected chi connectivity index (χ4v) is 5.39. The van der Waals surface area contributed by atoms with Crippen molar-refractivity contribution in [1.82, 2.24) is 0 Å². The number of rotatable bonds is 10. The van der Waals surface area contributed by atoms with Crippen LogP contribution in [0.3, 0.4) is 0 Å². The fourth-order valence-electron chi connectivity index (χ4n) is 4.15. The normalized spacial score (nSPS) is 10.8. The molecule has 46 heavy (non-hydrogen) atoms. The third-order valence-corrected chi connectivity index (χ3v) is 7.83. The van der Waals surface area contributed by atoms with E-state index in [-0.39, 0.29) is 11.6 Å². The molecule has 0 aromatic heterocycles. The summed E-state index contributed by atoms with van der Waals surface area (Å²) in [5.41, 5.74) is 4.57. The molecule has 0 bridgehead atoms. The summed E-state index contributed by atoms with van der Waals surface area (Å²) in [6.07, 6.45) is 6.45. The first-order valence-electron chi connectivity index (χ1n) is 13.9.